The average molecular weight is 477 g/mol. The van der Waals surface area contributed by atoms with E-state index in [1.165, 1.54) is 57.2 Å². The molecule has 2 aliphatic heterocycles. The predicted molar refractivity (Wildman–Crippen MR) is 147 cm³/mol. The van der Waals surface area contributed by atoms with E-state index >= 15 is 0 Å². The van der Waals surface area contributed by atoms with E-state index in [0.29, 0.717) is 6.54 Å². The Labute approximate surface area is 212 Å². The highest BCUT2D eigenvalue weighted by Gasteiger charge is 2.26. The first-order valence-electron chi connectivity index (χ1n) is 13.7. The third-order valence-corrected chi connectivity index (χ3v) is 7.82. The zero-order chi connectivity index (χ0) is 24.5. The van der Waals surface area contributed by atoms with Gasteiger partial charge in [-0.15, -0.1) is 0 Å². The van der Waals surface area contributed by atoms with Gasteiger partial charge in [0.15, 0.2) is 0 Å². The van der Waals surface area contributed by atoms with Crippen LogP contribution in [-0.2, 0) is 11.2 Å². The van der Waals surface area contributed by atoms with Crippen LogP contribution in [0.15, 0.2) is 42.5 Å². The zero-order valence-electron chi connectivity index (χ0n) is 21.8. The van der Waals surface area contributed by atoms with Crippen molar-refractivity contribution < 1.29 is 4.79 Å². The second-order valence-electron chi connectivity index (χ2n) is 10.5. The summed E-state index contributed by atoms with van der Waals surface area (Å²) in [6, 6.07) is 15.6. The summed E-state index contributed by atoms with van der Waals surface area (Å²) in [7, 11) is 0. The molecule has 0 radical (unpaired) electrons. The Morgan fingerprint density at radius 2 is 1.66 bits per heavy atom. The Morgan fingerprint density at radius 3 is 2.40 bits per heavy atom. The van der Waals surface area contributed by atoms with Crippen LogP contribution in [0.2, 0.25) is 0 Å². The molecule has 5 heteroatoms. The van der Waals surface area contributed by atoms with Crippen LogP contribution in [0.5, 0.6) is 0 Å². The number of anilines is 2. The molecule has 0 atom stereocenters. The summed E-state index contributed by atoms with van der Waals surface area (Å²) in [4.78, 5) is 17.9. The van der Waals surface area contributed by atoms with Crippen LogP contribution in [0, 0.1) is 13.8 Å². The number of piperidine rings is 2. The summed E-state index contributed by atoms with van der Waals surface area (Å²) in [6.45, 7) is 10.2. The quantitative estimate of drug-likeness (QED) is 0.437. The minimum Gasteiger partial charge on any atom is -0.385 e. The first-order chi connectivity index (χ1) is 17.1. The van der Waals surface area contributed by atoms with Crippen LogP contribution in [0.3, 0.4) is 0 Å². The molecule has 0 aromatic heterocycles. The van der Waals surface area contributed by atoms with Crippen molar-refractivity contribution in [2.24, 2.45) is 0 Å². The molecule has 0 unspecified atom stereocenters. The molecule has 35 heavy (non-hydrogen) atoms. The van der Waals surface area contributed by atoms with E-state index in [2.05, 4.69) is 76.7 Å². The number of rotatable bonds is 10. The fourth-order valence-electron chi connectivity index (χ4n) is 5.66. The van der Waals surface area contributed by atoms with Crippen LogP contribution in [0.25, 0.3) is 0 Å². The average Bonchev–Trinajstić information content (AvgIpc) is 2.89. The van der Waals surface area contributed by atoms with Gasteiger partial charge in [-0.2, -0.15) is 0 Å². The zero-order valence-corrected chi connectivity index (χ0v) is 21.8. The topological polar surface area (TPSA) is 47.6 Å². The number of aryl methyl sites for hydroxylation is 2. The van der Waals surface area contributed by atoms with E-state index in [9.17, 15) is 4.79 Å². The van der Waals surface area contributed by atoms with Crippen LogP contribution in [-0.4, -0.2) is 61.0 Å². The number of nitrogens with zero attached hydrogens (tertiary/aromatic N) is 2. The van der Waals surface area contributed by atoms with Crippen molar-refractivity contribution in [1.82, 2.24) is 9.80 Å². The monoisotopic (exact) mass is 476 g/mol. The molecule has 2 aliphatic rings. The van der Waals surface area contributed by atoms with Crippen molar-refractivity contribution in [3.05, 3.63) is 59.2 Å². The molecule has 2 aromatic rings. The van der Waals surface area contributed by atoms with Crippen LogP contribution >= 0.6 is 0 Å². The molecule has 0 bridgehead atoms. The number of nitrogens with one attached hydrogen (secondary N) is 2. The van der Waals surface area contributed by atoms with E-state index in [1.54, 1.807) is 0 Å². The molecule has 2 saturated heterocycles. The van der Waals surface area contributed by atoms with Crippen molar-refractivity contribution >= 4 is 17.3 Å². The molecule has 2 heterocycles. The van der Waals surface area contributed by atoms with E-state index in [1.807, 2.05) is 0 Å². The molecule has 0 spiro atoms. The van der Waals surface area contributed by atoms with Gasteiger partial charge in [0.1, 0.15) is 0 Å². The number of carbonyl (C=O) groups excluding carboxylic acids is 1. The maximum atomic E-state index is 12.9. The number of hydrogen-bond acceptors (Lipinski definition) is 4. The summed E-state index contributed by atoms with van der Waals surface area (Å²) in [5.41, 5.74) is 5.74. The standard InChI is InChI=1S/C30H44N4O/c1-24-14-15-28(31-18-8-7-13-26-11-5-3-6-12-26)25(2)30(24)32-29(35)23-33-21-16-27(17-22-33)34-19-9-4-10-20-34/h3,5-6,11-12,14-15,27,31H,4,7-10,13,16-23H2,1-2H3,(H,32,35). The molecule has 2 aromatic carbocycles. The Morgan fingerprint density at radius 1 is 0.914 bits per heavy atom. The smallest absolute Gasteiger partial charge is 0.238 e. The second kappa shape index (κ2) is 13.1. The highest BCUT2D eigenvalue weighted by Crippen LogP contribution is 2.28. The molecule has 0 aliphatic carbocycles. The molecular formula is C30H44N4O. The van der Waals surface area contributed by atoms with Gasteiger partial charge in [0.2, 0.25) is 5.91 Å². The van der Waals surface area contributed by atoms with Gasteiger partial charge in [0, 0.05) is 37.1 Å². The lowest BCUT2D eigenvalue weighted by atomic mass is 10.00. The minimum absolute atomic E-state index is 0.104. The summed E-state index contributed by atoms with van der Waals surface area (Å²) >= 11 is 0. The minimum atomic E-state index is 0.104. The molecule has 2 fully saturated rings. The van der Waals surface area contributed by atoms with Gasteiger partial charge in [-0.3, -0.25) is 9.69 Å². The highest BCUT2D eigenvalue weighted by atomic mass is 16.2. The van der Waals surface area contributed by atoms with Crippen LogP contribution < -0.4 is 10.6 Å². The third-order valence-electron chi connectivity index (χ3n) is 7.82. The van der Waals surface area contributed by atoms with Crippen molar-refractivity contribution in [3.8, 4) is 0 Å². The summed E-state index contributed by atoms with van der Waals surface area (Å²) in [5.74, 6) is 0.104. The van der Waals surface area contributed by atoms with Gasteiger partial charge >= 0.3 is 0 Å². The number of amides is 1. The van der Waals surface area contributed by atoms with E-state index < -0.39 is 0 Å². The second-order valence-corrected chi connectivity index (χ2v) is 10.5. The largest absolute Gasteiger partial charge is 0.385 e. The third kappa shape index (κ3) is 7.55. The molecule has 190 valence electrons. The normalized spacial score (nSPS) is 17.9. The van der Waals surface area contributed by atoms with Gasteiger partial charge in [-0.25, -0.2) is 0 Å². The van der Waals surface area contributed by atoms with Gasteiger partial charge in [-0.05, 0) is 94.6 Å². The maximum absolute atomic E-state index is 12.9. The number of carbonyl (C=O) groups is 1. The Hall–Kier alpha value is -2.37. The Balaban J connectivity index is 1.21. The molecule has 4 rings (SSSR count). The van der Waals surface area contributed by atoms with Gasteiger partial charge in [0.05, 0.1) is 6.54 Å². The van der Waals surface area contributed by atoms with Crippen LogP contribution in [0.4, 0.5) is 11.4 Å². The van der Waals surface area contributed by atoms with E-state index in [0.717, 1.165) is 61.0 Å². The van der Waals surface area contributed by atoms with Gasteiger partial charge in [-0.1, -0.05) is 42.8 Å². The lowest BCUT2D eigenvalue weighted by Gasteiger charge is -2.40. The number of likely N-dealkylation sites (tertiary alicyclic amines) is 2. The molecule has 2 N–H and O–H groups in total. The summed E-state index contributed by atoms with van der Waals surface area (Å²) < 4.78 is 0. The van der Waals surface area contributed by atoms with Gasteiger partial charge in [0.25, 0.3) is 0 Å². The Kier molecular flexibility index (Phi) is 9.61. The van der Waals surface area contributed by atoms with Crippen molar-refractivity contribution in [2.45, 2.75) is 71.3 Å². The number of hydrogen-bond donors (Lipinski definition) is 2. The van der Waals surface area contributed by atoms with Gasteiger partial charge < -0.3 is 15.5 Å². The fraction of sp³-hybridized carbons (Fsp3) is 0.567. The van der Waals surface area contributed by atoms with E-state index in [4.69, 9.17) is 0 Å². The highest BCUT2D eigenvalue weighted by molar-refractivity contribution is 5.94. The fourth-order valence-corrected chi connectivity index (χ4v) is 5.66. The molecule has 1 amide bonds. The number of benzene rings is 2. The molecule has 0 saturated carbocycles. The van der Waals surface area contributed by atoms with Crippen molar-refractivity contribution in [1.29, 1.82) is 0 Å². The predicted octanol–water partition coefficient (Wildman–Crippen LogP) is 5.63. The molecular weight excluding hydrogens is 432 g/mol. The number of unbranched alkanes of at least 4 members (excludes halogenated alkanes) is 1. The summed E-state index contributed by atoms with van der Waals surface area (Å²) in [5, 5.41) is 6.82. The lowest BCUT2D eigenvalue weighted by Crippen LogP contribution is -2.48. The van der Waals surface area contributed by atoms with Crippen molar-refractivity contribution in [2.75, 3.05) is 49.9 Å². The lowest BCUT2D eigenvalue weighted by molar-refractivity contribution is -0.117. The summed E-state index contributed by atoms with van der Waals surface area (Å²) in [6.07, 6.45) is 9.87. The van der Waals surface area contributed by atoms with E-state index in [-0.39, 0.29) is 5.91 Å². The van der Waals surface area contributed by atoms with Crippen LogP contribution in [0.1, 0.15) is 61.6 Å². The SMILES string of the molecule is Cc1ccc(NCCCCc2ccccc2)c(C)c1NC(=O)CN1CCC(N2CCCCC2)CC1. The first kappa shape index (κ1) is 25.7. The first-order valence-corrected chi connectivity index (χ1v) is 13.7. The molecule has 5 nitrogen and oxygen atoms in total. The Bertz CT molecular complexity index is 931. The maximum Gasteiger partial charge on any atom is 0.238 e. The van der Waals surface area contributed by atoms with Crippen molar-refractivity contribution in [3.63, 3.8) is 0 Å².